The van der Waals surface area contributed by atoms with E-state index >= 15 is 0 Å². The quantitative estimate of drug-likeness (QED) is 0.810. The second-order valence-corrected chi connectivity index (χ2v) is 7.52. The molecule has 0 spiro atoms. The predicted octanol–water partition coefficient (Wildman–Crippen LogP) is 3.03. The maximum Gasteiger partial charge on any atom is 0.0223 e. The maximum absolute atomic E-state index is 3.85. The van der Waals surface area contributed by atoms with Crippen LogP contribution in [-0.4, -0.2) is 36.6 Å². The van der Waals surface area contributed by atoms with Crippen molar-refractivity contribution in [3.8, 4) is 0 Å². The molecule has 2 saturated carbocycles. The van der Waals surface area contributed by atoms with Crippen LogP contribution in [0, 0.1) is 11.3 Å². The molecule has 104 valence electrons. The molecule has 2 nitrogen and oxygen atoms in total. The zero-order chi connectivity index (χ0) is 12.6. The Hall–Kier alpha value is -0.0800. The van der Waals surface area contributed by atoms with E-state index in [4.69, 9.17) is 0 Å². The highest BCUT2D eigenvalue weighted by molar-refractivity contribution is 5.04. The van der Waals surface area contributed by atoms with Crippen molar-refractivity contribution < 1.29 is 0 Å². The van der Waals surface area contributed by atoms with Crippen LogP contribution in [0.2, 0.25) is 0 Å². The normalized spacial score (nSPS) is 38.3. The van der Waals surface area contributed by atoms with Gasteiger partial charge in [-0.15, -0.1) is 0 Å². The van der Waals surface area contributed by atoms with Gasteiger partial charge in [0.15, 0.2) is 0 Å². The van der Waals surface area contributed by atoms with E-state index in [1.807, 2.05) is 0 Å². The Balaban J connectivity index is 1.60. The minimum atomic E-state index is 0.599. The lowest BCUT2D eigenvalue weighted by Crippen LogP contribution is -2.44. The molecule has 1 N–H and O–H groups in total. The molecule has 2 unspecified atom stereocenters. The van der Waals surface area contributed by atoms with Crippen molar-refractivity contribution in [2.45, 2.75) is 70.9 Å². The average molecular weight is 250 g/mol. The van der Waals surface area contributed by atoms with Crippen molar-refractivity contribution >= 4 is 0 Å². The Morgan fingerprint density at radius 3 is 2.44 bits per heavy atom. The van der Waals surface area contributed by atoms with Crippen LogP contribution in [0.5, 0.6) is 0 Å². The predicted molar refractivity (Wildman–Crippen MR) is 76.7 cm³/mol. The number of hydrogen-bond acceptors (Lipinski definition) is 2. The summed E-state index contributed by atoms with van der Waals surface area (Å²) in [4.78, 5) is 2.80. The summed E-state index contributed by atoms with van der Waals surface area (Å²) in [5.41, 5.74) is 0.599. The summed E-state index contributed by atoms with van der Waals surface area (Å²) >= 11 is 0. The minimum absolute atomic E-state index is 0.599. The third-order valence-electron chi connectivity index (χ3n) is 5.58. The van der Waals surface area contributed by atoms with Gasteiger partial charge >= 0.3 is 0 Å². The molecule has 2 aliphatic carbocycles. The van der Waals surface area contributed by atoms with Crippen LogP contribution in [0.25, 0.3) is 0 Å². The molecule has 0 aromatic heterocycles. The number of nitrogens with one attached hydrogen (secondary N) is 1. The van der Waals surface area contributed by atoms with Crippen LogP contribution in [0.1, 0.15) is 58.8 Å². The van der Waals surface area contributed by atoms with Crippen LogP contribution in [0.3, 0.4) is 0 Å². The Labute approximate surface area is 113 Å². The van der Waals surface area contributed by atoms with Crippen molar-refractivity contribution in [1.82, 2.24) is 10.2 Å². The van der Waals surface area contributed by atoms with E-state index in [0.29, 0.717) is 5.41 Å². The van der Waals surface area contributed by atoms with E-state index < -0.39 is 0 Å². The molecule has 0 amide bonds. The van der Waals surface area contributed by atoms with Crippen molar-refractivity contribution in [3.05, 3.63) is 0 Å². The average Bonchev–Trinajstić information content (AvgIpc) is 3.06. The van der Waals surface area contributed by atoms with Crippen molar-refractivity contribution in [2.24, 2.45) is 11.3 Å². The monoisotopic (exact) mass is 250 g/mol. The summed E-state index contributed by atoms with van der Waals surface area (Å²) in [5.74, 6) is 0.959. The van der Waals surface area contributed by atoms with E-state index in [1.54, 1.807) is 0 Å². The van der Waals surface area contributed by atoms with Crippen molar-refractivity contribution in [3.63, 3.8) is 0 Å². The molecule has 1 heterocycles. The second kappa shape index (κ2) is 5.13. The molecule has 3 fully saturated rings. The van der Waals surface area contributed by atoms with Gasteiger partial charge in [-0.3, -0.25) is 4.90 Å². The van der Waals surface area contributed by atoms with E-state index in [1.165, 1.54) is 64.6 Å². The number of rotatable bonds is 2. The van der Waals surface area contributed by atoms with Gasteiger partial charge in [0.25, 0.3) is 0 Å². The zero-order valence-corrected chi connectivity index (χ0v) is 12.3. The lowest BCUT2D eigenvalue weighted by molar-refractivity contribution is 0.187. The molecular formula is C16H30N2. The van der Waals surface area contributed by atoms with Gasteiger partial charge < -0.3 is 5.32 Å². The molecule has 2 atom stereocenters. The summed E-state index contributed by atoms with van der Waals surface area (Å²) in [7, 11) is 0. The fraction of sp³-hybridized carbons (Fsp3) is 1.00. The molecular weight excluding hydrogens is 220 g/mol. The van der Waals surface area contributed by atoms with Crippen molar-refractivity contribution in [2.75, 3.05) is 19.6 Å². The Morgan fingerprint density at radius 2 is 1.78 bits per heavy atom. The number of hydrogen-bond donors (Lipinski definition) is 1. The van der Waals surface area contributed by atoms with Gasteiger partial charge in [-0.2, -0.15) is 0 Å². The minimum Gasteiger partial charge on any atom is -0.312 e. The second-order valence-electron chi connectivity index (χ2n) is 7.52. The topological polar surface area (TPSA) is 15.3 Å². The third-order valence-corrected chi connectivity index (χ3v) is 5.58. The summed E-state index contributed by atoms with van der Waals surface area (Å²) in [6, 6.07) is 1.66. The summed E-state index contributed by atoms with van der Waals surface area (Å²) in [5, 5.41) is 3.85. The molecule has 1 aliphatic heterocycles. The first-order valence-corrected chi connectivity index (χ1v) is 8.14. The summed E-state index contributed by atoms with van der Waals surface area (Å²) in [6.45, 7) is 8.76. The molecule has 0 aromatic carbocycles. The van der Waals surface area contributed by atoms with Crippen LogP contribution < -0.4 is 5.32 Å². The maximum atomic E-state index is 3.85. The fourth-order valence-corrected chi connectivity index (χ4v) is 4.18. The Morgan fingerprint density at radius 1 is 1.06 bits per heavy atom. The lowest BCUT2D eigenvalue weighted by atomic mass is 9.83. The first-order chi connectivity index (χ1) is 8.67. The van der Waals surface area contributed by atoms with Gasteiger partial charge in [-0.25, -0.2) is 0 Å². The summed E-state index contributed by atoms with van der Waals surface area (Å²) in [6.07, 6.45) is 10.1. The van der Waals surface area contributed by atoms with E-state index in [9.17, 15) is 0 Å². The molecule has 1 saturated heterocycles. The Bertz CT molecular complexity index is 281. The van der Waals surface area contributed by atoms with Gasteiger partial charge in [0.2, 0.25) is 0 Å². The molecule has 2 heteroatoms. The van der Waals surface area contributed by atoms with Gasteiger partial charge in [0.05, 0.1) is 0 Å². The van der Waals surface area contributed by atoms with E-state index in [0.717, 1.165) is 18.0 Å². The molecule has 3 aliphatic rings. The highest BCUT2D eigenvalue weighted by Gasteiger charge is 2.49. The molecule has 3 rings (SSSR count). The molecule has 0 bridgehead atoms. The first-order valence-electron chi connectivity index (χ1n) is 8.14. The first kappa shape index (κ1) is 12.9. The van der Waals surface area contributed by atoms with Gasteiger partial charge in [0, 0.05) is 18.6 Å². The van der Waals surface area contributed by atoms with Gasteiger partial charge in [-0.1, -0.05) is 33.1 Å². The van der Waals surface area contributed by atoms with Crippen LogP contribution >= 0.6 is 0 Å². The Kier molecular flexibility index (Phi) is 3.68. The number of nitrogens with zero attached hydrogens (tertiary/aromatic N) is 1. The highest BCUT2D eigenvalue weighted by atomic mass is 15.2. The highest BCUT2D eigenvalue weighted by Crippen LogP contribution is 2.49. The van der Waals surface area contributed by atoms with Crippen LogP contribution in [0.15, 0.2) is 0 Å². The molecule has 18 heavy (non-hydrogen) atoms. The SMILES string of the molecule is CC1(C)CC1N1CCCNC(C2CCCCC2)C1. The lowest BCUT2D eigenvalue weighted by Gasteiger charge is -2.33. The molecule has 0 aromatic rings. The standard InChI is InChI=1S/C16H30N2/c1-16(2)11-15(16)18-10-6-9-17-14(12-18)13-7-4-3-5-8-13/h13-15,17H,3-12H2,1-2H3. The smallest absolute Gasteiger partial charge is 0.0223 e. The van der Waals surface area contributed by atoms with Gasteiger partial charge in [0.1, 0.15) is 0 Å². The fourth-order valence-electron chi connectivity index (χ4n) is 4.18. The molecule has 0 radical (unpaired) electrons. The third kappa shape index (κ3) is 2.75. The van der Waals surface area contributed by atoms with Crippen LogP contribution in [0.4, 0.5) is 0 Å². The van der Waals surface area contributed by atoms with Crippen molar-refractivity contribution in [1.29, 1.82) is 0 Å². The summed E-state index contributed by atoms with van der Waals surface area (Å²) < 4.78 is 0. The van der Waals surface area contributed by atoms with Crippen LogP contribution in [-0.2, 0) is 0 Å². The zero-order valence-electron chi connectivity index (χ0n) is 12.3. The van der Waals surface area contributed by atoms with Gasteiger partial charge in [-0.05, 0) is 50.1 Å². The van der Waals surface area contributed by atoms with E-state index in [-0.39, 0.29) is 0 Å². The van der Waals surface area contributed by atoms with E-state index in [2.05, 4.69) is 24.1 Å². The largest absolute Gasteiger partial charge is 0.312 e.